The molecule has 94 valence electrons. The Balaban J connectivity index is 2.21. The van der Waals surface area contributed by atoms with Gasteiger partial charge in [-0.2, -0.15) is 0 Å². The van der Waals surface area contributed by atoms with E-state index in [4.69, 9.17) is 4.74 Å². The maximum atomic E-state index is 11.9. The molecule has 1 atom stereocenters. The molecule has 1 aromatic heterocycles. The van der Waals surface area contributed by atoms with Crippen molar-refractivity contribution in [2.45, 2.75) is 6.04 Å². The quantitative estimate of drug-likeness (QED) is 0.860. The van der Waals surface area contributed by atoms with Crippen molar-refractivity contribution in [2.75, 3.05) is 33.3 Å². The van der Waals surface area contributed by atoms with Crippen LogP contribution in [0.15, 0.2) is 15.9 Å². The largest absolute Gasteiger partial charge is 0.468 e. The first-order chi connectivity index (χ1) is 8.22. The molecular formula is C11H15BrN2O2S. The van der Waals surface area contributed by atoms with Crippen molar-refractivity contribution in [3.63, 3.8) is 0 Å². The van der Waals surface area contributed by atoms with E-state index in [1.165, 1.54) is 7.11 Å². The van der Waals surface area contributed by atoms with Gasteiger partial charge in [-0.25, -0.2) is 4.79 Å². The molecule has 0 amide bonds. The van der Waals surface area contributed by atoms with Gasteiger partial charge in [0.15, 0.2) is 0 Å². The van der Waals surface area contributed by atoms with Gasteiger partial charge in [-0.05, 0) is 28.1 Å². The molecule has 0 saturated carbocycles. The fourth-order valence-electron chi connectivity index (χ4n) is 1.97. The van der Waals surface area contributed by atoms with E-state index in [1.807, 2.05) is 12.1 Å². The standard InChI is InChI=1S/C11H15BrN2O2S/c1-16-11(15)10(8-2-3-9(12)17-8)14-6-4-13-5-7-14/h2-3,10,13H,4-7H2,1H3. The van der Waals surface area contributed by atoms with Gasteiger partial charge in [0.05, 0.1) is 10.9 Å². The first-order valence-electron chi connectivity index (χ1n) is 5.50. The molecule has 1 saturated heterocycles. The number of rotatable bonds is 3. The molecule has 6 heteroatoms. The first-order valence-corrected chi connectivity index (χ1v) is 7.11. The van der Waals surface area contributed by atoms with Crippen LogP contribution in [0.3, 0.4) is 0 Å². The number of esters is 1. The maximum Gasteiger partial charge on any atom is 0.328 e. The van der Waals surface area contributed by atoms with Gasteiger partial charge in [0.2, 0.25) is 0 Å². The van der Waals surface area contributed by atoms with E-state index >= 15 is 0 Å². The van der Waals surface area contributed by atoms with E-state index in [2.05, 4.69) is 26.1 Å². The zero-order valence-electron chi connectivity index (χ0n) is 9.61. The monoisotopic (exact) mass is 318 g/mol. The van der Waals surface area contributed by atoms with Crippen LogP contribution in [-0.4, -0.2) is 44.2 Å². The van der Waals surface area contributed by atoms with Crippen molar-refractivity contribution in [1.29, 1.82) is 0 Å². The Kier molecular flexibility index (Phi) is 4.55. The molecule has 4 nitrogen and oxygen atoms in total. The van der Waals surface area contributed by atoms with E-state index in [9.17, 15) is 4.79 Å². The molecule has 0 radical (unpaired) electrons. The number of carbonyl (C=O) groups is 1. The third-order valence-electron chi connectivity index (χ3n) is 2.80. The van der Waals surface area contributed by atoms with Crippen molar-refractivity contribution in [1.82, 2.24) is 10.2 Å². The Morgan fingerprint density at radius 2 is 2.24 bits per heavy atom. The Hall–Kier alpha value is -0.430. The molecule has 0 aromatic carbocycles. The van der Waals surface area contributed by atoms with Crippen LogP contribution in [0.4, 0.5) is 0 Å². The number of carbonyl (C=O) groups excluding carboxylic acids is 1. The topological polar surface area (TPSA) is 41.6 Å². The first kappa shape index (κ1) is 13.0. The van der Waals surface area contributed by atoms with Gasteiger partial charge >= 0.3 is 5.97 Å². The van der Waals surface area contributed by atoms with Gasteiger partial charge in [-0.3, -0.25) is 4.90 Å². The van der Waals surface area contributed by atoms with Crippen LogP contribution in [-0.2, 0) is 9.53 Å². The Morgan fingerprint density at radius 1 is 1.53 bits per heavy atom. The highest BCUT2D eigenvalue weighted by molar-refractivity contribution is 9.11. The van der Waals surface area contributed by atoms with Crippen molar-refractivity contribution < 1.29 is 9.53 Å². The smallest absolute Gasteiger partial charge is 0.328 e. The van der Waals surface area contributed by atoms with Crippen molar-refractivity contribution in [3.8, 4) is 0 Å². The summed E-state index contributed by atoms with van der Waals surface area (Å²) in [6.07, 6.45) is 0. The minimum atomic E-state index is -0.265. The predicted octanol–water partition coefficient (Wildman–Crippen LogP) is 1.63. The molecule has 0 spiro atoms. The van der Waals surface area contributed by atoms with Crippen LogP contribution < -0.4 is 5.32 Å². The van der Waals surface area contributed by atoms with E-state index in [-0.39, 0.29) is 12.0 Å². The molecular weight excluding hydrogens is 304 g/mol. The Bertz CT molecular complexity index is 391. The SMILES string of the molecule is COC(=O)C(c1ccc(Br)s1)N1CCNCC1. The summed E-state index contributed by atoms with van der Waals surface area (Å²) in [6, 6.07) is 3.69. The van der Waals surface area contributed by atoms with Crippen molar-refractivity contribution in [2.24, 2.45) is 0 Å². The minimum Gasteiger partial charge on any atom is -0.468 e. The molecule has 1 unspecified atom stereocenters. The predicted molar refractivity (Wildman–Crippen MR) is 71.2 cm³/mol. The van der Waals surface area contributed by atoms with Crippen LogP contribution in [0, 0.1) is 0 Å². The number of piperazine rings is 1. The molecule has 2 heterocycles. The van der Waals surface area contributed by atoms with Gasteiger partial charge in [0, 0.05) is 31.1 Å². The average molecular weight is 319 g/mol. The number of ether oxygens (including phenoxy) is 1. The van der Waals surface area contributed by atoms with Crippen molar-refractivity contribution in [3.05, 3.63) is 20.8 Å². The van der Waals surface area contributed by atoms with Gasteiger partial charge in [-0.15, -0.1) is 11.3 Å². The van der Waals surface area contributed by atoms with Crippen LogP contribution in [0.25, 0.3) is 0 Å². The lowest BCUT2D eigenvalue weighted by molar-refractivity contribution is -0.147. The summed E-state index contributed by atoms with van der Waals surface area (Å²) >= 11 is 5.02. The lowest BCUT2D eigenvalue weighted by Crippen LogP contribution is -2.47. The van der Waals surface area contributed by atoms with Crippen LogP contribution in [0.5, 0.6) is 0 Å². The number of nitrogens with one attached hydrogen (secondary N) is 1. The molecule has 0 bridgehead atoms. The molecule has 0 aliphatic carbocycles. The molecule has 1 aliphatic rings. The highest BCUT2D eigenvalue weighted by atomic mass is 79.9. The number of thiophene rings is 1. The normalized spacial score (nSPS) is 18.9. The second-order valence-corrected chi connectivity index (χ2v) is 6.35. The van der Waals surface area contributed by atoms with Crippen LogP contribution in [0.2, 0.25) is 0 Å². The summed E-state index contributed by atoms with van der Waals surface area (Å²) in [7, 11) is 1.44. The summed E-state index contributed by atoms with van der Waals surface area (Å²) in [4.78, 5) is 15.1. The van der Waals surface area contributed by atoms with Gasteiger partial charge < -0.3 is 10.1 Å². The maximum absolute atomic E-state index is 11.9. The highest BCUT2D eigenvalue weighted by Crippen LogP contribution is 2.31. The summed E-state index contributed by atoms with van der Waals surface area (Å²) in [5.41, 5.74) is 0. The van der Waals surface area contributed by atoms with E-state index in [1.54, 1.807) is 11.3 Å². The number of nitrogens with zero attached hydrogens (tertiary/aromatic N) is 1. The van der Waals surface area contributed by atoms with Gasteiger partial charge in [-0.1, -0.05) is 0 Å². The molecule has 1 N–H and O–H groups in total. The summed E-state index contributed by atoms with van der Waals surface area (Å²) in [5, 5.41) is 3.28. The number of methoxy groups -OCH3 is 1. The van der Waals surface area contributed by atoms with Crippen LogP contribution >= 0.6 is 27.3 Å². The number of halogens is 1. The van der Waals surface area contributed by atoms with E-state index in [0.717, 1.165) is 34.8 Å². The highest BCUT2D eigenvalue weighted by Gasteiger charge is 2.30. The molecule has 1 fully saturated rings. The van der Waals surface area contributed by atoms with Gasteiger partial charge in [0.1, 0.15) is 6.04 Å². The number of hydrogen-bond donors (Lipinski definition) is 1. The minimum absolute atomic E-state index is 0.179. The Labute approximate surface area is 113 Å². The van der Waals surface area contributed by atoms with E-state index < -0.39 is 0 Å². The summed E-state index contributed by atoms with van der Waals surface area (Å²) < 4.78 is 5.96. The summed E-state index contributed by atoms with van der Waals surface area (Å²) in [5.74, 6) is -0.179. The molecule has 2 rings (SSSR count). The second kappa shape index (κ2) is 5.95. The van der Waals surface area contributed by atoms with Gasteiger partial charge in [0.25, 0.3) is 0 Å². The van der Waals surface area contributed by atoms with Crippen molar-refractivity contribution >= 4 is 33.2 Å². The van der Waals surface area contributed by atoms with E-state index in [0.29, 0.717) is 0 Å². The Morgan fingerprint density at radius 3 is 2.76 bits per heavy atom. The lowest BCUT2D eigenvalue weighted by Gasteiger charge is -2.32. The fourth-order valence-corrected chi connectivity index (χ4v) is 3.52. The average Bonchev–Trinajstić information content (AvgIpc) is 2.77. The van der Waals surface area contributed by atoms with Crippen LogP contribution in [0.1, 0.15) is 10.9 Å². The summed E-state index contributed by atoms with van der Waals surface area (Å²) in [6.45, 7) is 3.57. The third kappa shape index (κ3) is 3.07. The number of hydrogen-bond acceptors (Lipinski definition) is 5. The molecule has 1 aliphatic heterocycles. The fraction of sp³-hybridized carbons (Fsp3) is 0.545. The lowest BCUT2D eigenvalue weighted by atomic mass is 10.2. The molecule has 17 heavy (non-hydrogen) atoms. The zero-order valence-corrected chi connectivity index (χ0v) is 12.0. The molecule has 1 aromatic rings. The zero-order chi connectivity index (χ0) is 12.3. The second-order valence-electron chi connectivity index (χ2n) is 3.85. The third-order valence-corrected chi connectivity index (χ3v) is 4.48.